The second-order valence-electron chi connectivity index (χ2n) is 11.9. The number of phenolic OH excluding ortho intramolecular Hbond substituents is 2. The molecule has 8 nitrogen and oxygen atoms in total. The SMILES string of the molecule is C=CC(C)(C)c1cc(/C=C/C(=O)c2ccc(N)cc2)c(OCC)cc1O.CCCOc1cc(O)c(C)cc1/C=C/C(=O)c1ccc(N)cc1. The second kappa shape index (κ2) is 17.4. The summed E-state index contributed by atoms with van der Waals surface area (Å²) in [4.78, 5) is 24.6. The van der Waals surface area contributed by atoms with Crippen LogP contribution < -0.4 is 20.9 Å². The highest BCUT2D eigenvalue weighted by atomic mass is 16.5. The topological polar surface area (TPSA) is 145 Å². The zero-order valence-electron chi connectivity index (χ0n) is 28.8. The molecule has 0 radical (unpaired) electrons. The number of aromatic hydroxyl groups is 2. The van der Waals surface area contributed by atoms with Gasteiger partial charge in [-0.25, -0.2) is 0 Å². The van der Waals surface area contributed by atoms with Gasteiger partial charge in [0.1, 0.15) is 23.0 Å². The molecular formula is C41H46N2O6. The molecule has 6 N–H and O–H groups in total. The number of aryl methyl sites for hydroxylation is 1. The van der Waals surface area contributed by atoms with Crippen molar-refractivity contribution in [2.24, 2.45) is 0 Å². The van der Waals surface area contributed by atoms with Gasteiger partial charge in [0.05, 0.1) is 13.2 Å². The van der Waals surface area contributed by atoms with E-state index in [2.05, 4.69) is 6.58 Å². The third-order valence-electron chi connectivity index (χ3n) is 7.64. The minimum Gasteiger partial charge on any atom is -0.508 e. The molecule has 0 saturated heterocycles. The summed E-state index contributed by atoms with van der Waals surface area (Å²) in [6.45, 7) is 14.4. The van der Waals surface area contributed by atoms with Crippen LogP contribution in [0.1, 0.15) is 77.1 Å². The van der Waals surface area contributed by atoms with Crippen molar-refractivity contribution >= 4 is 35.1 Å². The standard InChI is InChI=1S/C22H25NO3.C19H21NO3/c1-5-22(3,4)18-13-16(21(26-6-2)14-20(18)25)9-12-19(24)15-7-10-17(23)11-8-15;1-3-10-23-19-12-18(22)13(2)11-15(19)6-9-17(21)14-4-7-16(20)8-5-14/h5,7-14,25H,1,6,23H2,2-4H3;4-9,11-12,22H,3,10,20H2,1-2H3/b12-9+;9-6+. The maximum absolute atomic E-state index is 12.4. The fourth-order valence-corrected chi connectivity index (χ4v) is 4.61. The Morgan fingerprint density at radius 2 is 1.22 bits per heavy atom. The first kappa shape index (κ1) is 37.7. The van der Waals surface area contributed by atoms with E-state index in [0.29, 0.717) is 47.2 Å². The average molecular weight is 663 g/mol. The van der Waals surface area contributed by atoms with E-state index in [1.165, 1.54) is 12.2 Å². The van der Waals surface area contributed by atoms with Gasteiger partial charge in [-0.1, -0.05) is 26.8 Å². The zero-order chi connectivity index (χ0) is 36.1. The van der Waals surface area contributed by atoms with Gasteiger partial charge in [-0.15, -0.1) is 6.58 Å². The molecule has 256 valence electrons. The molecule has 49 heavy (non-hydrogen) atoms. The van der Waals surface area contributed by atoms with Gasteiger partial charge < -0.3 is 31.2 Å². The van der Waals surface area contributed by atoms with Crippen LogP contribution in [0.5, 0.6) is 23.0 Å². The number of carbonyl (C=O) groups excluding carboxylic acids is 2. The molecule has 0 fully saturated rings. The van der Waals surface area contributed by atoms with Gasteiger partial charge in [-0.3, -0.25) is 9.59 Å². The van der Waals surface area contributed by atoms with Gasteiger partial charge in [0.15, 0.2) is 11.6 Å². The van der Waals surface area contributed by atoms with Crippen molar-refractivity contribution in [3.63, 3.8) is 0 Å². The van der Waals surface area contributed by atoms with Gasteiger partial charge in [0, 0.05) is 56.7 Å². The van der Waals surface area contributed by atoms with Crippen LogP contribution in [0.15, 0.2) is 97.6 Å². The van der Waals surface area contributed by atoms with Crippen molar-refractivity contribution < 1.29 is 29.3 Å². The summed E-state index contributed by atoms with van der Waals surface area (Å²) >= 11 is 0. The fraction of sp³-hybridized carbons (Fsp3) is 0.220. The number of hydrogen-bond acceptors (Lipinski definition) is 8. The van der Waals surface area contributed by atoms with E-state index in [4.69, 9.17) is 20.9 Å². The number of rotatable bonds is 13. The molecule has 4 aromatic rings. The number of carbonyl (C=O) groups is 2. The Kier molecular flexibility index (Phi) is 13.4. The molecule has 0 saturated carbocycles. The molecule has 0 aliphatic rings. The molecule has 0 aliphatic heterocycles. The minimum absolute atomic E-state index is 0.114. The van der Waals surface area contributed by atoms with Crippen LogP contribution in [0.3, 0.4) is 0 Å². The number of nitrogen functional groups attached to an aromatic ring is 2. The van der Waals surface area contributed by atoms with Crippen LogP contribution in [-0.4, -0.2) is 35.0 Å². The van der Waals surface area contributed by atoms with Crippen LogP contribution in [-0.2, 0) is 5.41 Å². The molecular weight excluding hydrogens is 616 g/mol. The highest BCUT2D eigenvalue weighted by molar-refractivity contribution is 6.07. The lowest BCUT2D eigenvalue weighted by Gasteiger charge is -2.23. The summed E-state index contributed by atoms with van der Waals surface area (Å²) in [7, 11) is 0. The van der Waals surface area contributed by atoms with E-state index in [1.807, 2.05) is 33.8 Å². The number of phenols is 2. The van der Waals surface area contributed by atoms with Crippen molar-refractivity contribution in [2.75, 3.05) is 24.7 Å². The molecule has 0 unspecified atom stereocenters. The molecule has 0 aliphatic carbocycles. The minimum atomic E-state index is -0.418. The lowest BCUT2D eigenvalue weighted by molar-refractivity contribution is 0.103. The number of ketones is 2. The molecule has 0 atom stereocenters. The molecule has 8 heteroatoms. The van der Waals surface area contributed by atoms with Crippen molar-refractivity contribution in [3.05, 3.63) is 131 Å². The smallest absolute Gasteiger partial charge is 0.185 e. The average Bonchev–Trinajstić information content (AvgIpc) is 3.08. The Hall–Kier alpha value is -5.76. The highest BCUT2D eigenvalue weighted by Crippen LogP contribution is 2.37. The summed E-state index contributed by atoms with van der Waals surface area (Å²) in [6, 6.07) is 20.3. The summed E-state index contributed by atoms with van der Waals surface area (Å²) in [5, 5.41) is 20.2. The van der Waals surface area contributed by atoms with Crippen molar-refractivity contribution in [3.8, 4) is 23.0 Å². The van der Waals surface area contributed by atoms with Gasteiger partial charge in [0.25, 0.3) is 0 Å². The highest BCUT2D eigenvalue weighted by Gasteiger charge is 2.22. The van der Waals surface area contributed by atoms with E-state index in [9.17, 15) is 19.8 Å². The van der Waals surface area contributed by atoms with Gasteiger partial charge in [-0.05, 0) is 111 Å². The third-order valence-corrected chi connectivity index (χ3v) is 7.64. The number of hydrogen-bond donors (Lipinski definition) is 4. The van der Waals surface area contributed by atoms with Crippen LogP contribution in [0, 0.1) is 6.92 Å². The van der Waals surface area contributed by atoms with E-state index < -0.39 is 5.41 Å². The fourth-order valence-electron chi connectivity index (χ4n) is 4.61. The first-order chi connectivity index (χ1) is 23.3. The van der Waals surface area contributed by atoms with Crippen LogP contribution in [0.25, 0.3) is 12.2 Å². The molecule has 0 aromatic heterocycles. The first-order valence-electron chi connectivity index (χ1n) is 16.1. The Balaban J connectivity index is 0.000000267. The monoisotopic (exact) mass is 662 g/mol. The Morgan fingerprint density at radius 3 is 1.69 bits per heavy atom. The van der Waals surface area contributed by atoms with Gasteiger partial charge in [0.2, 0.25) is 0 Å². The molecule has 0 bridgehead atoms. The third kappa shape index (κ3) is 10.6. The lowest BCUT2D eigenvalue weighted by atomic mass is 9.83. The van der Waals surface area contributed by atoms with E-state index in [0.717, 1.165) is 28.7 Å². The maximum atomic E-state index is 12.4. The number of nitrogens with two attached hydrogens (primary N) is 2. The number of benzene rings is 4. The van der Waals surface area contributed by atoms with Crippen molar-refractivity contribution in [1.29, 1.82) is 0 Å². The summed E-state index contributed by atoms with van der Waals surface area (Å²) in [5.41, 5.74) is 16.1. The largest absolute Gasteiger partial charge is 0.508 e. The number of ether oxygens (including phenoxy) is 2. The second-order valence-corrected chi connectivity index (χ2v) is 11.9. The summed E-state index contributed by atoms with van der Waals surface area (Å²) < 4.78 is 11.2. The lowest BCUT2D eigenvalue weighted by Crippen LogP contribution is -2.13. The molecule has 4 aromatic carbocycles. The molecule has 0 spiro atoms. The van der Waals surface area contributed by atoms with E-state index in [1.54, 1.807) is 91.9 Å². The first-order valence-corrected chi connectivity index (χ1v) is 16.1. The van der Waals surface area contributed by atoms with Crippen LogP contribution in [0.4, 0.5) is 11.4 Å². The number of anilines is 2. The predicted molar refractivity (Wildman–Crippen MR) is 200 cm³/mol. The van der Waals surface area contributed by atoms with Crippen molar-refractivity contribution in [1.82, 2.24) is 0 Å². The normalized spacial score (nSPS) is 11.2. The Labute approximate surface area is 289 Å². The summed E-state index contributed by atoms with van der Waals surface area (Å²) in [5.74, 6) is 1.16. The van der Waals surface area contributed by atoms with Crippen molar-refractivity contribution in [2.45, 2.75) is 46.5 Å². The Bertz CT molecular complexity index is 1820. The zero-order valence-corrected chi connectivity index (χ0v) is 28.8. The molecule has 0 amide bonds. The van der Waals surface area contributed by atoms with E-state index >= 15 is 0 Å². The quantitative estimate of drug-likeness (QED) is 0.0481. The summed E-state index contributed by atoms with van der Waals surface area (Å²) in [6.07, 6.45) is 9.03. The predicted octanol–water partition coefficient (Wildman–Crippen LogP) is 8.70. The Morgan fingerprint density at radius 1 is 0.755 bits per heavy atom. The van der Waals surface area contributed by atoms with Gasteiger partial charge in [-0.2, -0.15) is 0 Å². The molecule has 4 rings (SSSR count). The molecule has 0 heterocycles. The number of allylic oxidation sites excluding steroid dienone is 3. The van der Waals surface area contributed by atoms with E-state index in [-0.39, 0.29) is 23.1 Å². The van der Waals surface area contributed by atoms with Gasteiger partial charge >= 0.3 is 0 Å². The maximum Gasteiger partial charge on any atom is 0.185 e. The van der Waals surface area contributed by atoms with Crippen LogP contribution >= 0.6 is 0 Å². The van der Waals surface area contributed by atoms with Crippen LogP contribution in [0.2, 0.25) is 0 Å².